The summed E-state index contributed by atoms with van der Waals surface area (Å²) in [5.41, 5.74) is 1.95. The van der Waals surface area contributed by atoms with Crippen LogP contribution in [0.1, 0.15) is 89.2 Å². The van der Waals surface area contributed by atoms with Crippen molar-refractivity contribution < 1.29 is 13.5 Å². The van der Waals surface area contributed by atoms with Crippen LogP contribution >= 0.6 is 0 Å². The van der Waals surface area contributed by atoms with Crippen molar-refractivity contribution in [3.05, 3.63) is 59.7 Å². The SMILES string of the molecule is CCCCCCNc1ccc2c(c1)[C@@H](c1ccccc1)C(O)C(CC)(CCCC)CS2(=O)=O. The summed E-state index contributed by atoms with van der Waals surface area (Å²) >= 11 is 0. The molecule has 3 atom stereocenters. The van der Waals surface area contributed by atoms with Gasteiger partial charge in [-0.15, -0.1) is 0 Å². The van der Waals surface area contributed by atoms with Gasteiger partial charge in [0.1, 0.15) is 0 Å². The van der Waals surface area contributed by atoms with Crippen molar-refractivity contribution in [1.82, 2.24) is 0 Å². The second-order valence-electron chi connectivity index (χ2n) is 9.65. The molecule has 0 fully saturated rings. The normalized spacial score (nSPS) is 24.1. The maximum Gasteiger partial charge on any atom is 0.179 e. The summed E-state index contributed by atoms with van der Waals surface area (Å²) in [7, 11) is -3.54. The maximum atomic E-state index is 13.7. The van der Waals surface area contributed by atoms with E-state index in [0.717, 1.165) is 42.6 Å². The van der Waals surface area contributed by atoms with Crippen LogP contribution in [0.2, 0.25) is 0 Å². The third-order valence-corrected chi connectivity index (χ3v) is 9.35. The van der Waals surface area contributed by atoms with Gasteiger partial charge in [-0.25, -0.2) is 8.42 Å². The van der Waals surface area contributed by atoms with Gasteiger partial charge in [0.25, 0.3) is 0 Å². The molecule has 0 spiro atoms. The zero-order chi connectivity index (χ0) is 23.9. The van der Waals surface area contributed by atoms with E-state index in [1.54, 1.807) is 6.07 Å². The summed E-state index contributed by atoms with van der Waals surface area (Å²) in [6.07, 6.45) is 7.15. The standard InChI is InChI=1S/C28H41NO3S/c1-4-7-9-13-19-29-23-16-17-25-24(20-23)26(22-14-11-10-12-15-22)27(30)28(6-3,18-8-5-2)21-33(25,31)32/h10-12,14-17,20,26-27,29-30H,4-9,13,18-19,21H2,1-3H3/t26-,27?,28?/m1/s1. The van der Waals surface area contributed by atoms with E-state index in [4.69, 9.17) is 0 Å². The molecule has 0 aliphatic carbocycles. The zero-order valence-electron chi connectivity index (χ0n) is 20.5. The molecule has 0 radical (unpaired) electrons. The summed E-state index contributed by atoms with van der Waals surface area (Å²) in [4.78, 5) is 0.374. The van der Waals surface area contributed by atoms with Crippen LogP contribution in [0.3, 0.4) is 0 Å². The molecule has 0 saturated heterocycles. The van der Waals surface area contributed by atoms with Crippen LogP contribution < -0.4 is 5.32 Å². The first-order valence-electron chi connectivity index (χ1n) is 12.7. The molecule has 0 amide bonds. The Bertz CT molecular complexity index is 989. The summed E-state index contributed by atoms with van der Waals surface area (Å²) < 4.78 is 27.3. The first kappa shape index (κ1) is 25.8. The molecular formula is C28H41NO3S. The van der Waals surface area contributed by atoms with Gasteiger partial charge in [-0.2, -0.15) is 0 Å². The molecule has 1 heterocycles. The van der Waals surface area contributed by atoms with Crippen LogP contribution in [0.5, 0.6) is 0 Å². The number of sulfone groups is 1. The molecule has 2 aromatic carbocycles. The molecule has 0 aromatic heterocycles. The van der Waals surface area contributed by atoms with Gasteiger partial charge in [0.2, 0.25) is 0 Å². The molecule has 5 heteroatoms. The van der Waals surface area contributed by atoms with Gasteiger partial charge in [-0.1, -0.05) is 83.2 Å². The number of hydrogen-bond donors (Lipinski definition) is 2. The molecule has 2 N–H and O–H groups in total. The summed E-state index contributed by atoms with van der Waals surface area (Å²) in [6.45, 7) is 7.20. The largest absolute Gasteiger partial charge is 0.392 e. The molecule has 1 aliphatic rings. The fourth-order valence-electron chi connectivity index (χ4n) is 5.29. The van der Waals surface area contributed by atoms with E-state index in [2.05, 4.69) is 19.2 Å². The molecule has 2 aromatic rings. The minimum atomic E-state index is -3.54. The van der Waals surface area contributed by atoms with E-state index in [0.29, 0.717) is 17.7 Å². The van der Waals surface area contributed by atoms with Crippen molar-refractivity contribution in [2.24, 2.45) is 5.41 Å². The average Bonchev–Trinajstić information content (AvgIpc) is 2.89. The molecule has 1 aliphatic heterocycles. The first-order chi connectivity index (χ1) is 15.9. The number of benzene rings is 2. The third kappa shape index (κ3) is 5.81. The van der Waals surface area contributed by atoms with Crippen molar-refractivity contribution >= 4 is 15.5 Å². The highest BCUT2D eigenvalue weighted by atomic mass is 32.2. The zero-order valence-corrected chi connectivity index (χ0v) is 21.3. The minimum Gasteiger partial charge on any atom is -0.392 e. The number of nitrogens with one attached hydrogen (secondary N) is 1. The molecule has 2 unspecified atom stereocenters. The fourth-order valence-corrected chi connectivity index (χ4v) is 7.55. The van der Waals surface area contributed by atoms with Crippen LogP contribution in [0.25, 0.3) is 0 Å². The Morgan fingerprint density at radius 1 is 0.970 bits per heavy atom. The predicted molar refractivity (Wildman–Crippen MR) is 138 cm³/mol. The fraction of sp³-hybridized carbons (Fsp3) is 0.571. The number of fused-ring (bicyclic) bond motifs is 1. The quantitative estimate of drug-likeness (QED) is 0.365. The van der Waals surface area contributed by atoms with Crippen LogP contribution in [0.15, 0.2) is 53.4 Å². The number of anilines is 1. The second kappa shape index (κ2) is 11.5. The van der Waals surface area contributed by atoms with Gasteiger partial charge in [0.05, 0.1) is 16.8 Å². The summed E-state index contributed by atoms with van der Waals surface area (Å²) in [6, 6.07) is 15.5. The van der Waals surface area contributed by atoms with E-state index in [9.17, 15) is 13.5 Å². The van der Waals surface area contributed by atoms with E-state index < -0.39 is 21.4 Å². The highest BCUT2D eigenvalue weighted by Crippen LogP contribution is 2.49. The maximum absolute atomic E-state index is 13.7. The lowest BCUT2D eigenvalue weighted by Crippen LogP contribution is -2.42. The summed E-state index contributed by atoms with van der Waals surface area (Å²) in [5, 5.41) is 15.4. The van der Waals surface area contributed by atoms with Crippen LogP contribution in [-0.4, -0.2) is 31.9 Å². The van der Waals surface area contributed by atoms with Crippen LogP contribution in [0, 0.1) is 5.41 Å². The van der Waals surface area contributed by atoms with Crippen molar-refractivity contribution in [1.29, 1.82) is 0 Å². The highest BCUT2D eigenvalue weighted by molar-refractivity contribution is 7.91. The molecule has 3 rings (SSSR count). The van der Waals surface area contributed by atoms with E-state index in [-0.39, 0.29) is 11.7 Å². The van der Waals surface area contributed by atoms with E-state index in [1.165, 1.54) is 19.3 Å². The number of hydrogen-bond acceptors (Lipinski definition) is 4. The Hall–Kier alpha value is -1.85. The Morgan fingerprint density at radius 3 is 2.36 bits per heavy atom. The van der Waals surface area contributed by atoms with Gasteiger partial charge >= 0.3 is 0 Å². The topological polar surface area (TPSA) is 66.4 Å². The predicted octanol–water partition coefficient (Wildman–Crippen LogP) is 6.55. The molecule has 33 heavy (non-hydrogen) atoms. The van der Waals surface area contributed by atoms with Crippen molar-refractivity contribution in [3.63, 3.8) is 0 Å². The third-order valence-electron chi connectivity index (χ3n) is 7.35. The number of aliphatic hydroxyl groups is 1. The number of rotatable bonds is 11. The highest BCUT2D eigenvalue weighted by Gasteiger charge is 2.48. The average molecular weight is 472 g/mol. The lowest BCUT2D eigenvalue weighted by molar-refractivity contribution is 0.0174. The molecule has 4 nitrogen and oxygen atoms in total. The van der Waals surface area contributed by atoms with Crippen LogP contribution in [-0.2, 0) is 9.84 Å². The van der Waals surface area contributed by atoms with Crippen molar-refractivity contribution in [3.8, 4) is 0 Å². The Labute approximate surface area is 200 Å². The van der Waals surface area contributed by atoms with Gasteiger partial charge in [0.15, 0.2) is 9.84 Å². The van der Waals surface area contributed by atoms with Crippen molar-refractivity contribution in [2.75, 3.05) is 17.6 Å². The Kier molecular flexibility index (Phi) is 9.00. The second-order valence-corrected chi connectivity index (χ2v) is 11.6. The van der Waals surface area contributed by atoms with Gasteiger partial charge in [-0.3, -0.25) is 0 Å². The van der Waals surface area contributed by atoms with Gasteiger partial charge < -0.3 is 10.4 Å². The van der Waals surface area contributed by atoms with Gasteiger partial charge in [0, 0.05) is 23.6 Å². The lowest BCUT2D eigenvalue weighted by atomic mass is 9.69. The lowest BCUT2D eigenvalue weighted by Gasteiger charge is -2.39. The monoisotopic (exact) mass is 471 g/mol. The number of aliphatic hydroxyl groups excluding tert-OH is 1. The van der Waals surface area contributed by atoms with Gasteiger partial charge in [-0.05, 0) is 48.6 Å². The smallest absolute Gasteiger partial charge is 0.179 e. The van der Waals surface area contributed by atoms with Crippen molar-refractivity contribution in [2.45, 2.75) is 89.1 Å². The van der Waals surface area contributed by atoms with E-state index in [1.807, 2.05) is 49.4 Å². The number of unbranched alkanes of at least 4 members (excludes halogenated alkanes) is 4. The van der Waals surface area contributed by atoms with E-state index >= 15 is 0 Å². The Morgan fingerprint density at radius 2 is 1.70 bits per heavy atom. The molecule has 0 bridgehead atoms. The molecular weight excluding hydrogens is 430 g/mol. The Balaban J connectivity index is 2.08. The molecule has 0 saturated carbocycles. The summed E-state index contributed by atoms with van der Waals surface area (Å²) in [5.74, 6) is -0.380. The molecule has 182 valence electrons. The van der Waals surface area contributed by atoms with Crippen LogP contribution in [0.4, 0.5) is 5.69 Å². The minimum absolute atomic E-state index is 0.00219. The first-order valence-corrected chi connectivity index (χ1v) is 14.4.